The zero-order chi connectivity index (χ0) is 14.0. The summed E-state index contributed by atoms with van der Waals surface area (Å²) in [5.41, 5.74) is 6.39. The lowest BCUT2D eigenvalue weighted by Gasteiger charge is -2.10. The SMILES string of the molecule is Nc1cccc(Cl)c1C(=O)Nc1ccc(F)cc1Cl. The average Bonchev–Trinajstić information content (AvgIpc) is 2.32. The van der Waals surface area contributed by atoms with Crippen LogP contribution in [0.2, 0.25) is 10.0 Å². The molecule has 98 valence electrons. The molecule has 0 heterocycles. The van der Waals surface area contributed by atoms with E-state index in [-0.39, 0.29) is 27.0 Å². The first kappa shape index (κ1) is 13.6. The van der Waals surface area contributed by atoms with Crippen molar-refractivity contribution in [3.8, 4) is 0 Å². The number of nitrogen functional groups attached to an aromatic ring is 1. The van der Waals surface area contributed by atoms with E-state index in [1.165, 1.54) is 12.1 Å². The Kier molecular flexibility index (Phi) is 3.93. The van der Waals surface area contributed by atoms with Crippen molar-refractivity contribution >= 4 is 40.5 Å². The van der Waals surface area contributed by atoms with Gasteiger partial charge in [-0.2, -0.15) is 0 Å². The van der Waals surface area contributed by atoms with Crippen LogP contribution in [0.15, 0.2) is 36.4 Å². The maximum Gasteiger partial charge on any atom is 0.259 e. The normalized spacial score (nSPS) is 10.3. The zero-order valence-electron chi connectivity index (χ0n) is 9.58. The highest BCUT2D eigenvalue weighted by atomic mass is 35.5. The van der Waals surface area contributed by atoms with Gasteiger partial charge in [-0.15, -0.1) is 0 Å². The standard InChI is InChI=1S/C13H9Cl2FN2O/c14-8-2-1-3-10(17)12(8)13(19)18-11-5-4-7(16)6-9(11)15/h1-6H,17H2,(H,18,19). The lowest BCUT2D eigenvalue weighted by Crippen LogP contribution is -2.15. The quantitative estimate of drug-likeness (QED) is 0.824. The van der Waals surface area contributed by atoms with Crippen molar-refractivity contribution in [1.29, 1.82) is 0 Å². The van der Waals surface area contributed by atoms with Crippen molar-refractivity contribution in [3.63, 3.8) is 0 Å². The Hall–Kier alpha value is -1.78. The summed E-state index contributed by atoms with van der Waals surface area (Å²) in [5, 5.41) is 2.86. The zero-order valence-corrected chi connectivity index (χ0v) is 11.1. The molecule has 6 heteroatoms. The second-order valence-electron chi connectivity index (χ2n) is 3.78. The Labute approximate surface area is 119 Å². The minimum Gasteiger partial charge on any atom is -0.398 e. The van der Waals surface area contributed by atoms with Gasteiger partial charge in [0.2, 0.25) is 0 Å². The first-order valence-electron chi connectivity index (χ1n) is 5.29. The van der Waals surface area contributed by atoms with Gasteiger partial charge in [0.15, 0.2) is 0 Å². The molecule has 2 rings (SSSR count). The summed E-state index contributed by atoms with van der Waals surface area (Å²) in [6, 6.07) is 8.42. The van der Waals surface area contributed by atoms with Crippen LogP contribution in [0, 0.1) is 5.82 Å². The van der Waals surface area contributed by atoms with Crippen molar-refractivity contribution in [3.05, 3.63) is 57.8 Å². The number of hydrogen-bond donors (Lipinski definition) is 2. The predicted molar refractivity (Wildman–Crippen MR) is 75.2 cm³/mol. The van der Waals surface area contributed by atoms with Gasteiger partial charge in [-0.1, -0.05) is 29.3 Å². The van der Waals surface area contributed by atoms with Gasteiger partial charge in [-0.05, 0) is 30.3 Å². The summed E-state index contributed by atoms with van der Waals surface area (Å²) in [6.45, 7) is 0. The van der Waals surface area contributed by atoms with Crippen LogP contribution in [0.3, 0.4) is 0 Å². The number of rotatable bonds is 2. The van der Waals surface area contributed by atoms with Crippen LogP contribution in [-0.2, 0) is 0 Å². The molecule has 0 unspecified atom stereocenters. The Balaban J connectivity index is 2.31. The molecule has 3 N–H and O–H groups in total. The summed E-state index contributed by atoms with van der Waals surface area (Å²) in [4.78, 5) is 12.1. The molecule has 0 bridgehead atoms. The molecule has 0 radical (unpaired) electrons. The highest BCUT2D eigenvalue weighted by Crippen LogP contribution is 2.26. The van der Waals surface area contributed by atoms with Crippen molar-refractivity contribution in [2.75, 3.05) is 11.1 Å². The maximum atomic E-state index is 12.9. The molecule has 2 aromatic rings. The Bertz CT molecular complexity index is 626. The van der Waals surface area contributed by atoms with E-state index in [2.05, 4.69) is 5.32 Å². The van der Waals surface area contributed by atoms with Gasteiger partial charge >= 0.3 is 0 Å². The maximum absolute atomic E-state index is 12.9. The molecule has 0 saturated carbocycles. The van der Waals surface area contributed by atoms with Crippen molar-refractivity contribution in [1.82, 2.24) is 0 Å². The minimum atomic E-state index is -0.503. The van der Waals surface area contributed by atoms with E-state index < -0.39 is 11.7 Å². The molecular weight excluding hydrogens is 290 g/mol. The van der Waals surface area contributed by atoms with Crippen molar-refractivity contribution < 1.29 is 9.18 Å². The van der Waals surface area contributed by atoms with E-state index in [9.17, 15) is 9.18 Å². The third-order valence-corrected chi connectivity index (χ3v) is 3.08. The molecule has 19 heavy (non-hydrogen) atoms. The lowest BCUT2D eigenvalue weighted by molar-refractivity contribution is 0.102. The average molecular weight is 299 g/mol. The summed E-state index contributed by atoms with van der Waals surface area (Å²) in [6.07, 6.45) is 0. The Morgan fingerprint density at radius 3 is 2.53 bits per heavy atom. The predicted octanol–water partition coefficient (Wildman–Crippen LogP) is 3.97. The van der Waals surface area contributed by atoms with Crippen molar-refractivity contribution in [2.24, 2.45) is 0 Å². The molecule has 0 aliphatic carbocycles. The molecule has 0 atom stereocenters. The number of benzene rings is 2. The summed E-state index contributed by atoms with van der Waals surface area (Å²) in [7, 11) is 0. The Morgan fingerprint density at radius 1 is 1.16 bits per heavy atom. The van der Waals surface area contributed by atoms with Crippen molar-refractivity contribution in [2.45, 2.75) is 0 Å². The second-order valence-corrected chi connectivity index (χ2v) is 4.60. The summed E-state index contributed by atoms with van der Waals surface area (Å²) < 4.78 is 12.9. The highest BCUT2D eigenvalue weighted by molar-refractivity contribution is 6.36. The van der Waals surface area contributed by atoms with Crippen LogP contribution in [0.1, 0.15) is 10.4 Å². The van der Waals surface area contributed by atoms with E-state index in [1.54, 1.807) is 18.2 Å². The van der Waals surface area contributed by atoms with Gasteiger partial charge in [-0.3, -0.25) is 4.79 Å². The molecule has 2 aromatic carbocycles. The van der Waals surface area contributed by atoms with Crippen LogP contribution < -0.4 is 11.1 Å². The fourth-order valence-corrected chi connectivity index (χ4v) is 2.04. The highest BCUT2D eigenvalue weighted by Gasteiger charge is 2.15. The number of nitrogens with one attached hydrogen (secondary N) is 1. The molecule has 0 spiro atoms. The van der Waals surface area contributed by atoms with Crippen LogP contribution in [0.25, 0.3) is 0 Å². The number of halogens is 3. The van der Waals surface area contributed by atoms with Gasteiger partial charge in [0.05, 0.1) is 21.3 Å². The molecule has 0 saturated heterocycles. The van der Waals surface area contributed by atoms with Gasteiger partial charge < -0.3 is 11.1 Å². The van der Waals surface area contributed by atoms with E-state index in [1.807, 2.05) is 0 Å². The first-order valence-corrected chi connectivity index (χ1v) is 6.05. The largest absolute Gasteiger partial charge is 0.398 e. The van der Waals surface area contributed by atoms with Crippen LogP contribution in [0.5, 0.6) is 0 Å². The molecule has 0 fully saturated rings. The third kappa shape index (κ3) is 2.97. The Morgan fingerprint density at radius 2 is 1.89 bits per heavy atom. The smallest absolute Gasteiger partial charge is 0.259 e. The van der Waals surface area contributed by atoms with E-state index in [0.717, 1.165) is 6.07 Å². The lowest BCUT2D eigenvalue weighted by atomic mass is 10.1. The molecule has 0 aromatic heterocycles. The molecular formula is C13H9Cl2FN2O. The number of carbonyl (C=O) groups excluding carboxylic acids is 1. The molecule has 1 amide bonds. The number of amides is 1. The van der Waals surface area contributed by atoms with Crippen LogP contribution in [0.4, 0.5) is 15.8 Å². The van der Waals surface area contributed by atoms with Crippen LogP contribution >= 0.6 is 23.2 Å². The minimum absolute atomic E-state index is 0.0963. The fraction of sp³-hybridized carbons (Fsp3) is 0. The van der Waals surface area contributed by atoms with Gasteiger partial charge in [0, 0.05) is 5.69 Å². The van der Waals surface area contributed by atoms with Gasteiger partial charge in [0.1, 0.15) is 5.82 Å². The molecule has 0 aliphatic rings. The van der Waals surface area contributed by atoms with E-state index >= 15 is 0 Å². The number of hydrogen-bond acceptors (Lipinski definition) is 2. The van der Waals surface area contributed by atoms with Gasteiger partial charge in [0.25, 0.3) is 5.91 Å². The summed E-state index contributed by atoms with van der Waals surface area (Å²) in [5.74, 6) is -0.989. The number of carbonyl (C=O) groups is 1. The molecule has 0 aliphatic heterocycles. The van der Waals surface area contributed by atoms with E-state index in [0.29, 0.717) is 0 Å². The first-order chi connectivity index (χ1) is 8.99. The number of nitrogens with two attached hydrogens (primary N) is 1. The topological polar surface area (TPSA) is 55.1 Å². The van der Waals surface area contributed by atoms with Crippen LogP contribution in [-0.4, -0.2) is 5.91 Å². The fourth-order valence-electron chi connectivity index (χ4n) is 1.56. The summed E-state index contributed by atoms with van der Waals surface area (Å²) >= 11 is 11.7. The second kappa shape index (κ2) is 5.47. The van der Waals surface area contributed by atoms with E-state index in [4.69, 9.17) is 28.9 Å². The monoisotopic (exact) mass is 298 g/mol. The van der Waals surface area contributed by atoms with Gasteiger partial charge in [-0.25, -0.2) is 4.39 Å². The molecule has 3 nitrogen and oxygen atoms in total. The number of anilines is 2. The third-order valence-electron chi connectivity index (χ3n) is 2.45.